The Labute approximate surface area is 158 Å². The molecule has 1 aromatic heterocycles. The lowest BCUT2D eigenvalue weighted by molar-refractivity contribution is -0.115. The molecule has 2 aromatic rings. The highest BCUT2D eigenvalue weighted by Gasteiger charge is 2.23. The van der Waals surface area contributed by atoms with Gasteiger partial charge >= 0.3 is 0 Å². The van der Waals surface area contributed by atoms with E-state index in [4.69, 9.17) is 0 Å². The zero-order valence-corrected chi connectivity index (χ0v) is 16.6. The van der Waals surface area contributed by atoms with Gasteiger partial charge in [-0.3, -0.25) is 4.79 Å². The van der Waals surface area contributed by atoms with Crippen LogP contribution in [0.5, 0.6) is 0 Å². The Hall–Kier alpha value is -1.40. The maximum absolute atomic E-state index is 12.4. The fraction of sp³-hybridized carbons (Fsp3) is 0.474. The van der Waals surface area contributed by atoms with Gasteiger partial charge in [0.2, 0.25) is 5.91 Å². The van der Waals surface area contributed by atoms with Gasteiger partial charge in [0.1, 0.15) is 5.82 Å². The smallest absolute Gasteiger partial charge is 0.239 e. The normalized spacial score (nSPS) is 18.1. The molecular formula is C19H25N3OS2. The van der Waals surface area contributed by atoms with Gasteiger partial charge < -0.3 is 5.32 Å². The Morgan fingerprint density at radius 3 is 2.64 bits per heavy atom. The van der Waals surface area contributed by atoms with Crippen LogP contribution in [0.1, 0.15) is 31.9 Å². The van der Waals surface area contributed by atoms with E-state index < -0.39 is 0 Å². The molecule has 1 unspecified atom stereocenters. The molecule has 2 heterocycles. The fourth-order valence-corrected chi connectivity index (χ4v) is 5.25. The molecule has 1 atom stereocenters. The minimum absolute atomic E-state index is 0.0353. The molecule has 1 N–H and O–H groups in total. The Kier molecular flexibility index (Phi) is 5.79. The summed E-state index contributed by atoms with van der Waals surface area (Å²) in [6.07, 6.45) is 1.74. The number of rotatable bonds is 4. The number of benzene rings is 1. The predicted octanol–water partition coefficient (Wildman–Crippen LogP) is 4.02. The van der Waals surface area contributed by atoms with Crippen molar-refractivity contribution < 1.29 is 4.79 Å². The van der Waals surface area contributed by atoms with Crippen molar-refractivity contribution in [3.05, 3.63) is 47.7 Å². The molecule has 1 fully saturated rings. The summed E-state index contributed by atoms with van der Waals surface area (Å²) in [5.41, 5.74) is 2.64. The van der Waals surface area contributed by atoms with Gasteiger partial charge in [-0.2, -0.15) is 16.9 Å². The van der Waals surface area contributed by atoms with E-state index in [1.165, 1.54) is 11.1 Å². The minimum atomic E-state index is 0.0353. The van der Waals surface area contributed by atoms with Gasteiger partial charge in [-0.05, 0) is 16.5 Å². The van der Waals surface area contributed by atoms with E-state index in [0.717, 1.165) is 23.1 Å². The number of aromatic nitrogens is 2. The number of thioether (sulfide) groups is 2. The van der Waals surface area contributed by atoms with Crippen molar-refractivity contribution in [2.75, 3.05) is 22.6 Å². The van der Waals surface area contributed by atoms with E-state index in [2.05, 4.69) is 55.5 Å². The Morgan fingerprint density at radius 2 is 2.00 bits per heavy atom. The molecular weight excluding hydrogens is 350 g/mol. The van der Waals surface area contributed by atoms with E-state index in [-0.39, 0.29) is 16.6 Å². The number of anilines is 1. The molecule has 1 amide bonds. The molecule has 4 nitrogen and oxygen atoms in total. The summed E-state index contributed by atoms with van der Waals surface area (Å²) in [6.45, 7) is 7.29. The van der Waals surface area contributed by atoms with Crippen molar-refractivity contribution in [2.45, 2.75) is 38.0 Å². The van der Waals surface area contributed by atoms with E-state index in [1.54, 1.807) is 18.0 Å². The lowest BCUT2D eigenvalue weighted by atomic mass is 9.87. The SMILES string of the molecule is CC(C)(C)c1ccc(Cn2nccc2NC(=O)C2CSCCS2)cc1. The largest absolute Gasteiger partial charge is 0.310 e. The number of nitrogens with one attached hydrogen (secondary N) is 1. The van der Waals surface area contributed by atoms with Crippen molar-refractivity contribution in [3.8, 4) is 0 Å². The number of amides is 1. The summed E-state index contributed by atoms with van der Waals surface area (Å²) in [5, 5.41) is 7.45. The molecule has 1 aromatic carbocycles. The van der Waals surface area contributed by atoms with Gasteiger partial charge in [0.25, 0.3) is 0 Å². The number of hydrogen-bond acceptors (Lipinski definition) is 4. The fourth-order valence-electron chi connectivity index (χ4n) is 2.69. The van der Waals surface area contributed by atoms with E-state index in [0.29, 0.717) is 6.54 Å². The highest BCUT2D eigenvalue weighted by Crippen LogP contribution is 2.25. The van der Waals surface area contributed by atoms with Crippen molar-refractivity contribution in [3.63, 3.8) is 0 Å². The van der Waals surface area contributed by atoms with Crippen molar-refractivity contribution in [1.29, 1.82) is 0 Å². The van der Waals surface area contributed by atoms with Crippen LogP contribution in [0.4, 0.5) is 5.82 Å². The molecule has 0 radical (unpaired) electrons. The van der Waals surface area contributed by atoms with Crippen molar-refractivity contribution in [2.24, 2.45) is 0 Å². The topological polar surface area (TPSA) is 46.9 Å². The summed E-state index contributed by atoms with van der Waals surface area (Å²) < 4.78 is 1.85. The van der Waals surface area contributed by atoms with Crippen molar-refractivity contribution in [1.82, 2.24) is 9.78 Å². The summed E-state index contributed by atoms with van der Waals surface area (Å²) >= 11 is 3.59. The van der Waals surface area contributed by atoms with Crippen LogP contribution >= 0.6 is 23.5 Å². The van der Waals surface area contributed by atoms with Crippen LogP contribution in [-0.4, -0.2) is 38.2 Å². The molecule has 3 rings (SSSR count). The second-order valence-electron chi connectivity index (χ2n) is 7.24. The molecule has 1 aliphatic heterocycles. The molecule has 1 aliphatic rings. The quantitative estimate of drug-likeness (QED) is 0.877. The third-order valence-electron chi connectivity index (χ3n) is 4.23. The summed E-state index contributed by atoms with van der Waals surface area (Å²) in [6, 6.07) is 10.5. The first kappa shape index (κ1) is 18.4. The average Bonchev–Trinajstić information content (AvgIpc) is 3.02. The molecule has 0 saturated carbocycles. The Morgan fingerprint density at radius 1 is 1.24 bits per heavy atom. The van der Waals surface area contributed by atoms with Crippen molar-refractivity contribution >= 4 is 35.2 Å². The molecule has 0 spiro atoms. The Balaban J connectivity index is 1.66. The van der Waals surface area contributed by atoms with Gasteiger partial charge in [0.15, 0.2) is 0 Å². The molecule has 0 bridgehead atoms. The van der Waals surface area contributed by atoms with E-state index >= 15 is 0 Å². The second kappa shape index (κ2) is 7.87. The van der Waals surface area contributed by atoms with E-state index in [1.807, 2.05) is 22.5 Å². The van der Waals surface area contributed by atoms with E-state index in [9.17, 15) is 4.79 Å². The van der Waals surface area contributed by atoms with Gasteiger partial charge in [-0.15, -0.1) is 11.8 Å². The van der Waals surface area contributed by atoms with Crippen LogP contribution in [0.25, 0.3) is 0 Å². The van der Waals surface area contributed by atoms with Gasteiger partial charge in [0, 0.05) is 23.3 Å². The maximum Gasteiger partial charge on any atom is 0.239 e. The third kappa shape index (κ3) is 4.82. The summed E-state index contributed by atoms with van der Waals surface area (Å²) in [7, 11) is 0. The average molecular weight is 376 g/mol. The summed E-state index contributed by atoms with van der Waals surface area (Å²) in [4.78, 5) is 12.4. The van der Waals surface area contributed by atoms with Crippen LogP contribution in [0.2, 0.25) is 0 Å². The van der Waals surface area contributed by atoms with Crippen LogP contribution < -0.4 is 5.32 Å². The standard InChI is InChI=1S/C19H25N3OS2/c1-19(2,3)15-6-4-14(5-7-15)12-22-17(8-9-20-22)21-18(23)16-13-24-10-11-25-16/h4-9,16H,10-13H2,1-3H3,(H,21,23). The monoisotopic (exact) mass is 375 g/mol. The number of carbonyl (C=O) groups is 1. The second-order valence-corrected chi connectivity index (χ2v) is 9.71. The zero-order chi connectivity index (χ0) is 17.9. The highest BCUT2D eigenvalue weighted by molar-refractivity contribution is 8.07. The highest BCUT2D eigenvalue weighted by atomic mass is 32.2. The number of hydrogen-bond donors (Lipinski definition) is 1. The van der Waals surface area contributed by atoms with Crippen LogP contribution in [-0.2, 0) is 16.8 Å². The Bertz CT molecular complexity index is 713. The molecule has 6 heteroatoms. The number of carbonyl (C=O) groups excluding carboxylic acids is 1. The molecule has 0 aliphatic carbocycles. The first-order chi connectivity index (χ1) is 11.9. The first-order valence-corrected chi connectivity index (χ1v) is 10.8. The van der Waals surface area contributed by atoms with Gasteiger partial charge in [-0.25, -0.2) is 4.68 Å². The van der Waals surface area contributed by atoms with Crippen LogP contribution in [0.3, 0.4) is 0 Å². The lowest BCUT2D eigenvalue weighted by Gasteiger charge is -2.20. The predicted molar refractivity (Wildman–Crippen MR) is 109 cm³/mol. The zero-order valence-electron chi connectivity index (χ0n) is 15.0. The maximum atomic E-state index is 12.4. The van der Waals surface area contributed by atoms with Gasteiger partial charge in [0.05, 0.1) is 18.0 Å². The van der Waals surface area contributed by atoms with Crippen LogP contribution in [0, 0.1) is 0 Å². The third-order valence-corrected chi connectivity index (χ3v) is 6.98. The first-order valence-electron chi connectivity index (χ1n) is 8.55. The van der Waals surface area contributed by atoms with Gasteiger partial charge in [-0.1, -0.05) is 45.0 Å². The molecule has 25 heavy (non-hydrogen) atoms. The molecule has 134 valence electrons. The summed E-state index contributed by atoms with van der Waals surface area (Å²) in [5.74, 6) is 3.92. The molecule has 1 saturated heterocycles. The minimum Gasteiger partial charge on any atom is -0.310 e. The lowest BCUT2D eigenvalue weighted by Crippen LogP contribution is -2.31. The van der Waals surface area contributed by atoms with Crippen LogP contribution in [0.15, 0.2) is 36.5 Å². The number of nitrogens with zero attached hydrogens (tertiary/aromatic N) is 2.